The summed E-state index contributed by atoms with van der Waals surface area (Å²) in [5.41, 5.74) is -0.168. The maximum Gasteiger partial charge on any atom is 0.416 e. The van der Waals surface area contributed by atoms with E-state index in [0.29, 0.717) is 25.6 Å². The van der Waals surface area contributed by atoms with Crippen molar-refractivity contribution in [2.75, 3.05) is 10.2 Å². The van der Waals surface area contributed by atoms with Gasteiger partial charge in [0.1, 0.15) is 17.5 Å². The Morgan fingerprint density at radius 3 is 2.40 bits per heavy atom. The van der Waals surface area contributed by atoms with Crippen molar-refractivity contribution in [3.05, 3.63) is 103 Å². The molecule has 4 aromatic rings. The topological polar surface area (TPSA) is 109 Å². The Bertz CT molecular complexity index is 1840. The number of rotatable bonds is 5. The zero-order valence-electron chi connectivity index (χ0n) is 21.7. The molecule has 2 aliphatic rings. The lowest BCUT2D eigenvalue weighted by atomic mass is 9.83. The molecule has 0 spiro atoms. The largest absolute Gasteiger partial charge is 0.508 e. The number of hydrogen-bond acceptors (Lipinski definition) is 7. The summed E-state index contributed by atoms with van der Waals surface area (Å²) in [6, 6.07) is 16.9. The van der Waals surface area contributed by atoms with E-state index in [1.807, 2.05) is 0 Å². The van der Waals surface area contributed by atoms with Crippen LogP contribution < -0.4 is 15.1 Å². The molecule has 3 heterocycles. The van der Waals surface area contributed by atoms with Crippen LogP contribution in [0.25, 0.3) is 0 Å². The van der Waals surface area contributed by atoms with Gasteiger partial charge in [0.05, 0.1) is 22.2 Å². The zero-order chi connectivity index (χ0) is 30.6. The second-order valence-electron chi connectivity index (χ2n) is 9.88. The molecule has 14 heteroatoms. The van der Waals surface area contributed by atoms with Crippen molar-refractivity contribution in [1.29, 1.82) is 0 Å². The van der Waals surface area contributed by atoms with Crippen molar-refractivity contribution in [3.8, 4) is 5.75 Å². The summed E-state index contributed by atoms with van der Waals surface area (Å²) in [7, 11) is 0. The third-order valence-corrected chi connectivity index (χ3v) is 10.2. The quantitative estimate of drug-likeness (QED) is 0.202. The number of thiazole rings is 1. The normalized spacial score (nSPS) is 19.7. The fourth-order valence-corrected chi connectivity index (χ4v) is 8.47. The Hall–Kier alpha value is -3.88. The highest BCUT2D eigenvalue weighted by Crippen LogP contribution is 2.54. The van der Waals surface area contributed by atoms with Gasteiger partial charge in [0.15, 0.2) is 0 Å². The Kier molecular flexibility index (Phi) is 7.47. The van der Waals surface area contributed by atoms with Gasteiger partial charge < -0.3 is 10.4 Å². The van der Waals surface area contributed by atoms with E-state index in [9.17, 15) is 37.5 Å². The van der Waals surface area contributed by atoms with Crippen molar-refractivity contribution < 1.29 is 32.7 Å². The van der Waals surface area contributed by atoms with Gasteiger partial charge in [-0.1, -0.05) is 57.2 Å². The number of aromatic nitrogens is 1. The van der Waals surface area contributed by atoms with Crippen molar-refractivity contribution in [3.63, 3.8) is 0 Å². The number of fused-ring (bicyclic) bond motifs is 2. The van der Waals surface area contributed by atoms with E-state index in [2.05, 4.69) is 21.2 Å². The molecule has 3 amide bonds. The number of carbonyl (C=O) groups excluding carboxylic acids is 3. The van der Waals surface area contributed by atoms with Crippen LogP contribution in [0.5, 0.6) is 5.75 Å². The molecule has 1 saturated heterocycles. The lowest BCUT2D eigenvalue weighted by molar-refractivity contribution is -0.137. The van der Waals surface area contributed by atoms with Crippen molar-refractivity contribution in [1.82, 2.24) is 4.57 Å². The van der Waals surface area contributed by atoms with Gasteiger partial charge >= 0.3 is 11.0 Å². The number of imide groups is 1. The fraction of sp³-hybridized carbons (Fsp3) is 0.172. The average Bonchev–Trinajstić information content (AvgIpc) is 3.40. The van der Waals surface area contributed by atoms with Gasteiger partial charge in [0, 0.05) is 21.0 Å². The minimum Gasteiger partial charge on any atom is -0.508 e. The first kappa shape index (κ1) is 29.2. The van der Waals surface area contributed by atoms with E-state index >= 15 is 0 Å². The molecule has 1 fully saturated rings. The molecule has 3 aromatic carbocycles. The van der Waals surface area contributed by atoms with Gasteiger partial charge in [0.2, 0.25) is 17.7 Å². The summed E-state index contributed by atoms with van der Waals surface area (Å²) in [5, 5.41) is 11.4. The number of thioether (sulfide) groups is 1. The number of amides is 3. The number of halogens is 4. The Morgan fingerprint density at radius 1 is 0.977 bits per heavy atom. The molecule has 6 rings (SSSR count). The van der Waals surface area contributed by atoms with Crippen molar-refractivity contribution in [2.45, 2.75) is 28.9 Å². The Labute approximate surface area is 258 Å². The predicted molar refractivity (Wildman–Crippen MR) is 158 cm³/mol. The molecule has 8 nitrogen and oxygen atoms in total. The first-order valence-electron chi connectivity index (χ1n) is 12.7. The number of alkyl halides is 3. The second kappa shape index (κ2) is 11.0. The molecule has 1 aromatic heterocycles. The molecular weight excluding hydrogens is 671 g/mol. The molecule has 0 aliphatic carbocycles. The predicted octanol–water partition coefficient (Wildman–Crippen LogP) is 5.83. The summed E-state index contributed by atoms with van der Waals surface area (Å²) in [6.07, 6.45) is -4.68. The number of benzene rings is 3. The van der Waals surface area contributed by atoms with Crippen molar-refractivity contribution in [2.24, 2.45) is 5.92 Å². The lowest BCUT2D eigenvalue weighted by Gasteiger charge is -2.30. The van der Waals surface area contributed by atoms with E-state index in [1.165, 1.54) is 34.9 Å². The van der Waals surface area contributed by atoms with Gasteiger partial charge in [-0.25, -0.2) is 4.90 Å². The maximum atomic E-state index is 13.9. The van der Waals surface area contributed by atoms with Crippen LogP contribution in [0.15, 0.2) is 87.1 Å². The van der Waals surface area contributed by atoms with Crippen LogP contribution in [-0.4, -0.2) is 32.6 Å². The molecule has 220 valence electrons. The van der Waals surface area contributed by atoms with E-state index in [-0.39, 0.29) is 18.0 Å². The molecule has 43 heavy (non-hydrogen) atoms. The summed E-state index contributed by atoms with van der Waals surface area (Å²) >= 11 is 5.25. The minimum atomic E-state index is -4.68. The van der Waals surface area contributed by atoms with Gasteiger partial charge in [0.25, 0.3) is 0 Å². The number of phenolic OH excluding ortho intramolecular Hbond substituents is 1. The van der Waals surface area contributed by atoms with Crippen LogP contribution in [0.4, 0.5) is 24.5 Å². The van der Waals surface area contributed by atoms with Crippen LogP contribution in [0.1, 0.15) is 21.9 Å². The average molecular weight is 691 g/mol. The minimum absolute atomic E-state index is 0.0145. The van der Waals surface area contributed by atoms with E-state index < -0.39 is 51.4 Å². The van der Waals surface area contributed by atoms with Gasteiger partial charge in [-0.2, -0.15) is 13.2 Å². The number of phenols is 1. The first-order valence-corrected chi connectivity index (χ1v) is 15.2. The number of carbonyl (C=O) groups is 3. The number of nitrogens with zero attached hydrogens (tertiary/aromatic N) is 2. The highest BCUT2D eigenvalue weighted by molar-refractivity contribution is 9.10. The fourth-order valence-electron chi connectivity index (χ4n) is 5.28. The highest BCUT2D eigenvalue weighted by Gasteiger charge is 2.57. The summed E-state index contributed by atoms with van der Waals surface area (Å²) < 4.78 is 42.4. The summed E-state index contributed by atoms with van der Waals surface area (Å²) in [4.78, 5) is 54.7. The van der Waals surface area contributed by atoms with Crippen LogP contribution in [0, 0.1) is 5.92 Å². The molecule has 0 saturated carbocycles. The second-order valence-corrected chi connectivity index (χ2v) is 12.9. The smallest absolute Gasteiger partial charge is 0.416 e. The molecule has 2 unspecified atom stereocenters. The first-order chi connectivity index (χ1) is 20.4. The molecule has 2 N–H and O–H groups in total. The number of hydrogen-bond donors (Lipinski definition) is 2. The van der Waals surface area contributed by atoms with Crippen LogP contribution in [0.2, 0.25) is 0 Å². The molecule has 0 radical (unpaired) electrons. The number of anilines is 2. The number of aromatic hydroxyl groups is 1. The van der Waals surface area contributed by atoms with Gasteiger partial charge in [-0.15, -0.1) is 0 Å². The standard InChI is InChI=1S/C29H19BrF3N3O5S2/c30-16-5-1-3-14(11-16)21-22-23(26(40)36(25(22)39)18-6-2-4-15(12-18)29(31,32)33)42-27-24(21)43-28(41)35(27)13-20(38)34-17-7-9-19(37)10-8-17/h1-12,21-23,37H,13H2,(H,34,38)/t21-,22?,23?/m1/s1. The maximum absolute atomic E-state index is 13.9. The highest BCUT2D eigenvalue weighted by atomic mass is 79.9. The number of nitrogens with one attached hydrogen (secondary N) is 1. The van der Waals surface area contributed by atoms with E-state index in [4.69, 9.17) is 0 Å². The Morgan fingerprint density at radius 2 is 1.70 bits per heavy atom. The van der Waals surface area contributed by atoms with E-state index in [1.54, 1.807) is 24.3 Å². The molecular formula is C29H19BrF3N3O5S2. The van der Waals surface area contributed by atoms with Gasteiger partial charge in [-0.3, -0.25) is 23.7 Å². The van der Waals surface area contributed by atoms with E-state index in [0.717, 1.165) is 46.2 Å². The third kappa shape index (κ3) is 5.38. The Balaban J connectivity index is 1.41. The lowest BCUT2D eigenvalue weighted by Crippen LogP contribution is -2.33. The van der Waals surface area contributed by atoms with Crippen LogP contribution in [-0.2, 0) is 27.1 Å². The van der Waals surface area contributed by atoms with Crippen LogP contribution >= 0.6 is 39.0 Å². The van der Waals surface area contributed by atoms with Crippen LogP contribution in [0.3, 0.4) is 0 Å². The summed E-state index contributed by atoms with van der Waals surface area (Å²) in [6.45, 7) is -0.388. The zero-order valence-corrected chi connectivity index (χ0v) is 24.9. The molecule has 0 bridgehead atoms. The molecule has 3 atom stereocenters. The monoisotopic (exact) mass is 689 g/mol. The summed E-state index contributed by atoms with van der Waals surface area (Å²) in [5.74, 6) is -3.68. The molecule has 2 aliphatic heterocycles. The third-order valence-electron chi connectivity index (χ3n) is 7.14. The SMILES string of the molecule is O=C(Cn1c2c(sc1=O)[C@H](c1cccc(Br)c1)C1C(=O)N(c3cccc(C(F)(F)F)c3)C(=O)C1S2)Nc1ccc(O)cc1. The van der Waals surface area contributed by atoms with Gasteiger partial charge in [-0.05, 0) is 60.2 Å². The van der Waals surface area contributed by atoms with Crippen molar-refractivity contribution >= 4 is 68.1 Å².